The lowest BCUT2D eigenvalue weighted by Gasteiger charge is -2.12. The van der Waals surface area contributed by atoms with Gasteiger partial charge in [-0.1, -0.05) is 90.6 Å². The molecule has 0 saturated heterocycles. The fourth-order valence-electron chi connectivity index (χ4n) is 3.72. The maximum atomic E-state index is 4.91. The molecule has 5 aromatic rings. The zero-order valence-corrected chi connectivity index (χ0v) is 18.1. The highest BCUT2D eigenvalue weighted by atomic mass is 32.2. The average Bonchev–Trinajstić information content (AvgIpc) is 3.26. The number of para-hydroxylation sites is 1. The lowest BCUT2D eigenvalue weighted by Crippen LogP contribution is -2.01. The standard InChI is InChI=1S/C26H22N4S/c1-2-30-25(28-29-26(30)31-18-19-11-5-3-6-12-19)22-17-24(20-13-7-4-8-14-20)27-23-16-10-9-15-21(22)23/h3-17H,2,18H2,1H3. The number of pyridine rings is 1. The molecule has 0 radical (unpaired) electrons. The molecular formula is C26H22N4S. The van der Waals surface area contributed by atoms with Gasteiger partial charge in [0.05, 0.1) is 11.2 Å². The molecule has 0 aliphatic carbocycles. The zero-order valence-electron chi connectivity index (χ0n) is 17.3. The predicted octanol–water partition coefficient (Wildman–Crippen LogP) is 6.47. The number of hydrogen-bond donors (Lipinski definition) is 0. The Morgan fingerprint density at radius 3 is 2.29 bits per heavy atom. The summed E-state index contributed by atoms with van der Waals surface area (Å²) in [6.07, 6.45) is 0. The molecule has 0 N–H and O–H groups in total. The van der Waals surface area contributed by atoms with Crippen molar-refractivity contribution < 1.29 is 0 Å². The monoisotopic (exact) mass is 422 g/mol. The van der Waals surface area contributed by atoms with Gasteiger partial charge in [-0.05, 0) is 24.6 Å². The first-order valence-electron chi connectivity index (χ1n) is 10.4. The minimum atomic E-state index is 0.802. The largest absolute Gasteiger partial charge is 0.302 e. The van der Waals surface area contributed by atoms with E-state index in [4.69, 9.17) is 4.98 Å². The van der Waals surface area contributed by atoms with Crippen LogP contribution in [-0.2, 0) is 12.3 Å². The molecule has 0 spiro atoms. The van der Waals surface area contributed by atoms with Gasteiger partial charge in [0.2, 0.25) is 0 Å². The van der Waals surface area contributed by atoms with Gasteiger partial charge in [0.25, 0.3) is 0 Å². The maximum Gasteiger partial charge on any atom is 0.191 e. The summed E-state index contributed by atoms with van der Waals surface area (Å²) in [5.74, 6) is 1.75. The quantitative estimate of drug-likeness (QED) is 0.294. The maximum absolute atomic E-state index is 4.91. The van der Waals surface area contributed by atoms with Crippen LogP contribution in [0.1, 0.15) is 12.5 Å². The van der Waals surface area contributed by atoms with E-state index in [1.54, 1.807) is 11.8 Å². The lowest BCUT2D eigenvalue weighted by atomic mass is 10.0. The van der Waals surface area contributed by atoms with Crippen LogP contribution >= 0.6 is 11.8 Å². The highest BCUT2D eigenvalue weighted by Crippen LogP contribution is 2.33. The van der Waals surface area contributed by atoms with E-state index in [1.807, 2.05) is 36.4 Å². The Hall–Kier alpha value is -3.44. The third-order valence-electron chi connectivity index (χ3n) is 5.27. The van der Waals surface area contributed by atoms with Crippen molar-refractivity contribution in [3.05, 3.63) is 96.6 Å². The SMILES string of the molecule is CCn1c(SCc2ccccc2)nnc1-c1cc(-c2ccccc2)nc2ccccc12. The first-order chi connectivity index (χ1) is 15.3. The summed E-state index contributed by atoms with van der Waals surface area (Å²) in [5.41, 5.74) is 5.34. The summed E-state index contributed by atoms with van der Waals surface area (Å²) in [6, 6.07) is 31.1. The number of thioether (sulfide) groups is 1. The molecule has 31 heavy (non-hydrogen) atoms. The molecule has 2 aromatic heterocycles. The summed E-state index contributed by atoms with van der Waals surface area (Å²) >= 11 is 1.72. The molecule has 3 aromatic carbocycles. The first-order valence-corrected chi connectivity index (χ1v) is 11.4. The van der Waals surface area contributed by atoms with Gasteiger partial charge in [0.15, 0.2) is 11.0 Å². The van der Waals surface area contributed by atoms with Gasteiger partial charge in [-0.3, -0.25) is 0 Å². The molecule has 0 bridgehead atoms. The van der Waals surface area contributed by atoms with Crippen molar-refractivity contribution in [2.75, 3.05) is 0 Å². The van der Waals surface area contributed by atoms with Gasteiger partial charge in [-0.2, -0.15) is 0 Å². The summed E-state index contributed by atoms with van der Waals surface area (Å²) in [6.45, 7) is 2.94. The lowest BCUT2D eigenvalue weighted by molar-refractivity contribution is 0.687. The highest BCUT2D eigenvalue weighted by Gasteiger charge is 2.17. The molecule has 0 saturated carbocycles. The van der Waals surface area contributed by atoms with Crippen molar-refractivity contribution in [2.45, 2.75) is 24.4 Å². The number of fused-ring (bicyclic) bond motifs is 1. The van der Waals surface area contributed by atoms with Crippen LogP contribution in [0.25, 0.3) is 33.5 Å². The second kappa shape index (κ2) is 8.74. The van der Waals surface area contributed by atoms with E-state index in [0.717, 1.165) is 51.0 Å². The smallest absolute Gasteiger partial charge is 0.191 e. The van der Waals surface area contributed by atoms with E-state index in [1.165, 1.54) is 5.56 Å². The van der Waals surface area contributed by atoms with Gasteiger partial charge in [0, 0.05) is 28.8 Å². The Kier molecular flexibility index (Phi) is 5.50. The van der Waals surface area contributed by atoms with Crippen LogP contribution < -0.4 is 0 Å². The van der Waals surface area contributed by atoms with Crippen LogP contribution in [0.5, 0.6) is 0 Å². The van der Waals surface area contributed by atoms with Crippen LogP contribution in [0, 0.1) is 0 Å². The van der Waals surface area contributed by atoms with E-state index >= 15 is 0 Å². The number of nitrogens with zero attached hydrogens (tertiary/aromatic N) is 4. The van der Waals surface area contributed by atoms with Gasteiger partial charge in [-0.15, -0.1) is 10.2 Å². The van der Waals surface area contributed by atoms with E-state index < -0.39 is 0 Å². The second-order valence-corrected chi connectivity index (χ2v) is 8.21. The van der Waals surface area contributed by atoms with Crippen LogP contribution in [0.3, 0.4) is 0 Å². The van der Waals surface area contributed by atoms with Crippen molar-refractivity contribution in [3.63, 3.8) is 0 Å². The fraction of sp³-hybridized carbons (Fsp3) is 0.115. The molecular weight excluding hydrogens is 400 g/mol. The van der Waals surface area contributed by atoms with Gasteiger partial charge in [0.1, 0.15) is 0 Å². The van der Waals surface area contributed by atoms with E-state index in [-0.39, 0.29) is 0 Å². The van der Waals surface area contributed by atoms with Crippen LogP contribution in [0.4, 0.5) is 0 Å². The van der Waals surface area contributed by atoms with Crippen molar-refractivity contribution in [1.29, 1.82) is 0 Å². The predicted molar refractivity (Wildman–Crippen MR) is 128 cm³/mol. The number of rotatable bonds is 6. The third-order valence-corrected chi connectivity index (χ3v) is 6.31. The summed E-state index contributed by atoms with van der Waals surface area (Å²) in [5, 5.41) is 11.2. The van der Waals surface area contributed by atoms with Crippen molar-refractivity contribution in [1.82, 2.24) is 19.7 Å². The molecule has 2 heterocycles. The molecule has 4 nitrogen and oxygen atoms in total. The zero-order chi connectivity index (χ0) is 21.0. The molecule has 0 amide bonds. The minimum Gasteiger partial charge on any atom is -0.302 e. The third kappa shape index (κ3) is 3.97. The molecule has 0 aliphatic heterocycles. The molecule has 152 valence electrons. The topological polar surface area (TPSA) is 43.6 Å². The Bertz CT molecular complexity index is 1310. The number of hydrogen-bond acceptors (Lipinski definition) is 4. The Balaban J connectivity index is 1.59. The number of aromatic nitrogens is 4. The normalized spacial score (nSPS) is 11.1. The molecule has 0 aliphatic rings. The first kappa shape index (κ1) is 19.5. The van der Waals surface area contributed by atoms with Gasteiger partial charge >= 0.3 is 0 Å². The van der Waals surface area contributed by atoms with Crippen LogP contribution in [0.2, 0.25) is 0 Å². The fourth-order valence-corrected chi connectivity index (χ4v) is 4.68. The van der Waals surface area contributed by atoms with E-state index in [2.05, 4.69) is 76.3 Å². The molecule has 0 atom stereocenters. The van der Waals surface area contributed by atoms with Crippen LogP contribution in [0.15, 0.2) is 96.2 Å². The molecule has 5 heteroatoms. The molecule has 0 unspecified atom stereocenters. The summed E-state index contributed by atoms with van der Waals surface area (Å²) in [4.78, 5) is 4.91. The van der Waals surface area contributed by atoms with E-state index in [0.29, 0.717) is 0 Å². The Morgan fingerprint density at radius 2 is 1.52 bits per heavy atom. The van der Waals surface area contributed by atoms with Crippen molar-refractivity contribution in [3.8, 4) is 22.6 Å². The summed E-state index contributed by atoms with van der Waals surface area (Å²) in [7, 11) is 0. The Labute approximate surface area is 186 Å². The van der Waals surface area contributed by atoms with Gasteiger partial charge < -0.3 is 4.57 Å². The minimum absolute atomic E-state index is 0.802. The highest BCUT2D eigenvalue weighted by molar-refractivity contribution is 7.98. The van der Waals surface area contributed by atoms with Gasteiger partial charge in [-0.25, -0.2) is 4.98 Å². The van der Waals surface area contributed by atoms with Crippen molar-refractivity contribution >= 4 is 22.7 Å². The molecule has 5 rings (SSSR count). The average molecular weight is 423 g/mol. The van der Waals surface area contributed by atoms with Crippen LogP contribution in [-0.4, -0.2) is 19.7 Å². The number of benzene rings is 3. The summed E-state index contributed by atoms with van der Waals surface area (Å²) < 4.78 is 2.20. The molecule has 0 fully saturated rings. The second-order valence-electron chi connectivity index (χ2n) is 7.26. The van der Waals surface area contributed by atoms with E-state index in [9.17, 15) is 0 Å². The van der Waals surface area contributed by atoms with Crippen molar-refractivity contribution in [2.24, 2.45) is 0 Å². The Morgan fingerprint density at radius 1 is 0.806 bits per heavy atom.